The Bertz CT molecular complexity index is 1090. The van der Waals surface area contributed by atoms with Crippen molar-refractivity contribution < 1.29 is 0 Å². The second-order valence-electron chi connectivity index (χ2n) is 7.79. The van der Waals surface area contributed by atoms with Crippen molar-refractivity contribution in [3.05, 3.63) is 90.8 Å². The Hall–Kier alpha value is -3.02. The molecule has 1 aliphatic rings. The summed E-state index contributed by atoms with van der Waals surface area (Å²) in [4.78, 5) is 13.9. The van der Waals surface area contributed by atoms with Gasteiger partial charge in [0, 0.05) is 44.8 Å². The molecule has 5 rings (SSSR count). The molecule has 1 unspecified atom stereocenters. The summed E-state index contributed by atoms with van der Waals surface area (Å²) in [5, 5.41) is 0. The molecular formula is C24H25N5. The van der Waals surface area contributed by atoms with E-state index in [0.29, 0.717) is 0 Å². The molecule has 3 aromatic heterocycles. The number of pyridine rings is 2. The van der Waals surface area contributed by atoms with Crippen molar-refractivity contribution in [1.29, 1.82) is 0 Å². The number of likely N-dealkylation sites (N-methyl/N-ethyl adjacent to an activating group) is 1. The smallest absolute Gasteiger partial charge is 0.0996 e. The lowest BCUT2D eigenvalue weighted by Gasteiger charge is -2.39. The van der Waals surface area contributed by atoms with E-state index in [1.165, 1.54) is 22.2 Å². The average molecular weight is 383 g/mol. The minimum Gasteiger partial charge on any atom is -0.305 e. The Kier molecular flexibility index (Phi) is 4.84. The molecule has 4 heterocycles. The van der Waals surface area contributed by atoms with Crippen molar-refractivity contribution in [1.82, 2.24) is 24.2 Å². The second-order valence-corrected chi connectivity index (χ2v) is 7.79. The van der Waals surface area contributed by atoms with Gasteiger partial charge in [-0.15, -0.1) is 0 Å². The van der Waals surface area contributed by atoms with Gasteiger partial charge >= 0.3 is 0 Å². The van der Waals surface area contributed by atoms with Crippen LogP contribution in [0.4, 0.5) is 0 Å². The van der Waals surface area contributed by atoms with Gasteiger partial charge in [0.1, 0.15) is 0 Å². The monoisotopic (exact) mass is 383 g/mol. The predicted molar refractivity (Wildman–Crippen MR) is 116 cm³/mol. The van der Waals surface area contributed by atoms with E-state index in [4.69, 9.17) is 4.98 Å². The summed E-state index contributed by atoms with van der Waals surface area (Å²) in [6.07, 6.45) is 7.87. The van der Waals surface area contributed by atoms with Crippen molar-refractivity contribution in [3.63, 3.8) is 0 Å². The molecule has 0 saturated carbocycles. The number of rotatable bonds is 4. The van der Waals surface area contributed by atoms with E-state index in [1.54, 1.807) is 0 Å². The van der Waals surface area contributed by atoms with Crippen LogP contribution in [0.25, 0.3) is 16.6 Å². The molecule has 5 heteroatoms. The maximum absolute atomic E-state index is 4.83. The van der Waals surface area contributed by atoms with Crippen molar-refractivity contribution in [2.24, 2.45) is 0 Å². The highest BCUT2D eigenvalue weighted by molar-refractivity contribution is 5.66. The van der Waals surface area contributed by atoms with E-state index in [-0.39, 0.29) is 6.04 Å². The Morgan fingerprint density at radius 1 is 0.931 bits per heavy atom. The summed E-state index contributed by atoms with van der Waals surface area (Å²) in [7, 11) is 2.21. The van der Waals surface area contributed by atoms with Gasteiger partial charge in [-0.1, -0.05) is 36.4 Å². The van der Waals surface area contributed by atoms with E-state index in [0.717, 1.165) is 31.9 Å². The van der Waals surface area contributed by atoms with Crippen LogP contribution in [-0.4, -0.2) is 50.9 Å². The summed E-state index contributed by atoms with van der Waals surface area (Å²) in [5.74, 6) is 0. The molecule has 0 amide bonds. The van der Waals surface area contributed by atoms with E-state index in [9.17, 15) is 0 Å². The van der Waals surface area contributed by atoms with E-state index < -0.39 is 0 Å². The standard InChI is InChI=1S/C24H25N5/c1-27-13-14-28(15-19-9-11-25-12-10-19)17-23(27)24-22-8-7-21(16-29(22)18-26-24)20-5-3-2-4-6-20/h2-12,16,18,23H,13-15,17H2,1H3. The maximum Gasteiger partial charge on any atom is 0.0996 e. The van der Waals surface area contributed by atoms with Gasteiger partial charge in [0.25, 0.3) is 0 Å². The number of hydrogen-bond acceptors (Lipinski definition) is 4. The lowest BCUT2D eigenvalue weighted by atomic mass is 10.1. The lowest BCUT2D eigenvalue weighted by molar-refractivity contribution is 0.0892. The number of aromatic nitrogens is 3. The minimum atomic E-state index is 0.290. The molecule has 146 valence electrons. The van der Waals surface area contributed by atoms with Crippen molar-refractivity contribution >= 4 is 5.52 Å². The zero-order valence-corrected chi connectivity index (χ0v) is 16.6. The summed E-state index contributed by atoms with van der Waals surface area (Å²) < 4.78 is 2.16. The molecular weight excluding hydrogens is 358 g/mol. The Labute approximate surface area is 171 Å². The van der Waals surface area contributed by atoms with Gasteiger partial charge in [-0.05, 0) is 41.9 Å². The molecule has 5 nitrogen and oxygen atoms in total. The van der Waals surface area contributed by atoms with Gasteiger partial charge in [-0.25, -0.2) is 4.98 Å². The average Bonchev–Trinajstić information content (AvgIpc) is 3.19. The van der Waals surface area contributed by atoms with Gasteiger partial charge in [-0.2, -0.15) is 0 Å². The normalized spacial score (nSPS) is 18.3. The highest BCUT2D eigenvalue weighted by Crippen LogP contribution is 2.29. The summed E-state index contributed by atoms with van der Waals surface area (Å²) in [6, 6.07) is 19.4. The Balaban J connectivity index is 1.41. The molecule has 1 atom stereocenters. The van der Waals surface area contributed by atoms with Crippen LogP contribution in [0.2, 0.25) is 0 Å². The van der Waals surface area contributed by atoms with E-state index in [1.807, 2.05) is 24.8 Å². The zero-order chi connectivity index (χ0) is 19.6. The largest absolute Gasteiger partial charge is 0.305 e. The first-order valence-electron chi connectivity index (χ1n) is 10.1. The van der Waals surface area contributed by atoms with Crippen molar-refractivity contribution in [2.45, 2.75) is 12.6 Å². The molecule has 29 heavy (non-hydrogen) atoms. The topological polar surface area (TPSA) is 36.7 Å². The zero-order valence-electron chi connectivity index (χ0n) is 16.6. The van der Waals surface area contributed by atoms with Crippen molar-refractivity contribution in [2.75, 3.05) is 26.7 Å². The molecule has 1 aromatic carbocycles. The Morgan fingerprint density at radius 2 is 1.76 bits per heavy atom. The molecule has 1 saturated heterocycles. The third-order valence-corrected chi connectivity index (χ3v) is 5.87. The predicted octanol–water partition coefficient (Wildman–Crippen LogP) is 3.89. The number of imidazole rings is 1. The molecule has 1 fully saturated rings. The van der Waals surface area contributed by atoms with Crippen LogP contribution < -0.4 is 0 Å². The van der Waals surface area contributed by atoms with Gasteiger partial charge in [-0.3, -0.25) is 14.8 Å². The SMILES string of the molecule is CN1CCN(Cc2ccncc2)CC1c1ncn2cc(-c3ccccc3)ccc12. The lowest BCUT2D eigenvalue weighted by Crippen LogP contribution is -2.46. The number of benzene rings is 1. The highest BCUT2D eigenvalue weighted by atomic mass is 15.3. The minimum absolute atomic E-state index is 0.290. The molecule has 0 radical (unpaired) electrons. The quantitative estimate of drug-likeness (QED) is 0.536. The molecule has 0 spiro atoms. The van der Waals surface area contributed by atoms with Crippen LogP contribution in [0.3, 0.4) is 0 Å². The first-order chi connectivity index (χ1) is 14.3. The number of piperazine rings is 1. The van der Waals surface area contributed by atoms with Crippen LogP contribution >= 0.6 is 0 Å². The van der Waals surface area contributed by atoms with Crippen LogP contribution in [0.5, 0.6) is 0 Å². The fourth-order valence-electron chi connectivity index (χ4n) is 4.19. The third-order valence-electron chi connectivity index (χ3n) is 5.87. The first kappa shape index (κ1) is 18.0. The Morgan fingerprint density at radius 3 is 2.59 bits per heavy atom. The summed E-state index contributed by atoms with van der Waals surface area (Å²) in [6.45, 7) is 4.04. The third kappa shape index (κ3) is 3.67. The number of nitrogens with zero attached hydrogens (tertiary/aromatic N) is 5. The maximum atomic E-state index is 4.83. The molecule has 0 aliphatic carbocycles. The van der Waals surface area contributed by atoms with Gasteiger partial charge in [0.05, 0.1) is 23.6 Å². The summed E-state index contributed by atoms with van der Waals surface area (Å²) >= 11 is 0. The van der Waals surface area contributed by atoms with Crippen LogP contribution in [-0.2, 0) is 6.54 Å². The molecule has 1 aliphatic heterocycles. The molecule has 0 N–H and O–H groups in total. The molecule has 4 aromatic rings. The number of hydrogen-bond donors (Lipinski definition) is 0. The first-order valence-corrected chi connectivity index (χ1v) is 10.1. The fraction of sp³-hybridized carbons (Fsp3) is 0.250. The fourth-order valence-corrected chi connectivity index (χ4v) is 4.19. The van der Waals surface area contributed by atoms with Gasteiger partial charge in [0.15, 0.2) is 0 Å². The number of fused-ring (bicyclic) bond motifs is 1. The molecule has 0 bridgehead atoms. The van der Waals surface area contributed by atoms with Crippen molar-refractivity contribution in [3.8, 4) is 11.1 Å². The highest BCUT2D eigenvalue weighted by Gasteiger charge is 2.28. The van der Waals surface area contributed by atoms with E-state index in [2.05, 4.69) is 81.0 Å². The van der Waals surface area contributed by atoms with Gasteiger partial charge in [0.2, 0.25) is 0 Å². The second kappa shape index (κ2) is 7.78. The van der Waals surface area contributed by atoms with E-state index >= 15 is 0 Å². The van der Waals surface area contributed by atoms with Gasteiger partial charge < -0.3 is 4.40 Å². The summed E-state index contributed by atoms with van der Waals surface area (Å²) in [5.41, 5.74) is 6.09. The van der Waals surface area contributed by atoms with Crippen LogP contribution in [0.15, 0.2) is 79.5 Å². The van der Waals surface area contributed by atoms with Crippen LogP contribution in [0.1, 0.15) is 17.3 Å². The van der Waals surface area contributed by atoms with Crippen LogP contribution in [0, 0.1) is 0 Å².